The largest absolute Gasteiger partial charge is 0.293 e. The zero-order valence-electron chi connectivity index (χ0n) is 15.8. The van der Waals surface area contributed by atoms with Crippen LogP contribution in [0, 0.1) is 0 Å². The van der Waals surface area contributed by atoms with Gasteiger partial charge in [0.2, 0.25) is 0 Å². The first-order valence-electron chi connectivity index (χ1n) is 9.34. The lowest BCUT2D eigenvalue weighted by Gasteiger charge is -2.26. The molecule has 2 heterocycles. The predicted molar refractivity (Wildman–Crippen MR) is 120 cm³/mol. The summed E-state index contributed by atoms with van der Waals surface area (Å²) >= 11 is 5.81. The standard InChI is InChI=1S/C22H22ClN3O2S/c23-20-10-11-22(24-14-20)29(27,28)25-21-12-13-26(16-21)15-17-6-8-19(9-7-17)18-4-2-1-3-5-18/h1-11,14,27-28H,12-13,15-16H2. The van der Waals surface area contributed by atoms with Gasteiger partial charge in [-0.3, -0.25) is 14.0 Å². The van der Waals surface area contributed by atoms with E-state index in [0.29, 0.717) is 18.0 Å². The number of nitrogens with zero attached hydrogens (tertiary/aromatic N) is 3. The Kier molecular flexibility index (Phi) is 5.99. The molecule has 0 radical (unpaired) electrons. The topological polar surface area (TPSA) is 69.0 Å². The van der Waals surface area contributed by atoms with Gasteiger partial charge in [0.15, 0.2) is 5.03 Å². The Morgan fingerprint density at radius 2 is 1.69 bits per heavy atom. The molecule has 1 aromatic heterocycles. The highest BCUT2D eigenvalue weighted by Crippen LogP contribution is 2.48. The minimum Gasteiger partial charge on any atom is -0.293 e. The number of aromatic nitrogens is 1. The maximum absolute atomic E-state index is 10.4. The molecule has 1 aliphatic rings. The second-order valence-electron chi connectivity index (χ2n) is 7.01. The molecule has 0 unspecified atom stereocenters. The number of rotatable bonds is 5. The molecule has 0 bridgehead atoms. The van der Waals surface area contributed by atoms with E-state index in [1.54, 1.807) is 6.07 Å². The first kappa shape index (κ1) is 20.1. The van der Waals surface area contributed by atoms with E-state index < -0.39 is 10.8 Å². The van der Waals surface area contributed by atoms with Crippen LogP contribution >= 0.6 is 22.4 Å². The van der Waals surface area contributed by atoms with Crippen LogP contribution in [0.3, 0.4) is 0 Å². The summed E-state index contributed by atoms with van der Waals surface area (Å²) in [4.78, 5) is 6.25. The number of pyridine rings is 1. The Bertz CT molecular complexity index is 993. The van der Waals surface area contributed by atoms with Gasteiger partial charge in [0.25, 0.3) is 0 Å². The SMILES string of the molecule is OS(O)(N=C1CCN(Cc2ccc(-c3ccccc3)cc2)C1)c1ccc(Cl)cn1. The van der Waals surface area contributed by atoms with E-state index in [9.17, 15) is 9.11 Å². The Hall–Kier alpha value is -2.22. The summed E-state index contributed by atoms with van der Waals surface area (Å²) in [5.74, 6) is 0. The van der Waals surface area contributed by atoms with Crippen LogP contribution in [0.15, 0.2) is 82.4 Å². The van der Waals surface area contributed by atoms with Gasteiger partial charge in [-0.2, -0.15) is 4.40 Å². The fraction of sp³-hybridized carbons (Fsp3) is 0.182. The first-order valence-corrected chi connectivity index (χ1v) is 11.2. The lowest BCUT2D eigenvalue weighted by atomic mass is 10.0. The highest BCUT2D eigenvalue weighted by atomic mass is 35.5. The molecular weight excluding hydrogens is 406 g/mol. The third-order valence-electron chi connectivity index (χ3n) is 4.83. The number of hydrogen-bond donors (Lipinski definition) is 2. The molecule has 0 saturated carbocycles. The Labute approximate surface area is 177 Å². The van der Waals surface area contributed by atoms with E-state index in [4.69, 9.17) is 11.6 Å². The molecular formula is C22H22ClN3O2S. The van der Waals surface area contributed by atoms with Gasteiger partial charge in [-0.1, -0.05) is 77.0 Å². The lowest BCUT2D eigenvalue weighted by Crippen LogP contribution is -2.20. The fourth-order valence-corrected chi connectivity index (χ4v) is 4.51. The first-order chi connectivity index (χ1) is 14.0. The van der Waals surface area contributed by atoms with E-state index in [-0.39, 0.29) is 5.03 Å². The summed E-state index contributed by atoms with van der Waals surface area (Å²) in [6.07, 6.45) is 2.11. The summed E-state index contributed by atoms with van der Waals surface area (Å²) in [7, 11) is -3.30. The summed E-state index contributed by atoms with van der Waals surface area (Å²) in [5, 5.41) is 0.589. The summed E-state index contributed by atoms with van der Waals surface area (Å²) in [6, 6.07) is 21.9. The highest BCUT2D eigenvalue weighted by Gasteiger charge is 2.23. The zero-order valence-corrected chi connectivity index (χ0v) is 17.4. The maximum atomic E-state index is 10.4. The molecule has 5 nitrogen and oxygen atoms in total. The van der Waals surface area contributed by atoms with Crippen molar-refractivity contribution in [3.8, 4) is 11.1 Å². The normalized spacial score (nSPS) is 17.0. The molecule has 2 aromatic carbocycles. The molecule has 2 N–H and O–H groups in total. The van der Waals surface area contributed by atoms with Crippen molar-refractivity contribution in [3.05, 3.63) is 83.5 Å². The monoisotopic (exact) mass is 427 g/mol. The summed E-state index contributed by atoms with van der Waals surface area (Å²) in [6.45, 7) is 2.25. The fourth-order valence-electron chi connectivity index (χ4n) is 3.36. The zero-order chi connectivity index (χ0) is 20.3. The molecule has 29 heavy (non-hydrogen) atoms. The van der Waals surface area contributed by atoms with Gasteiger partial charge < -0.3 is 0 Å². The Morgan fingerprint density at radius 3 is 2.38 bits per heavy atom. The van der Waals surface area contributed by atoms with Gasteiger partial charge in [-0.25, -0.2) is 4.98 Å². The quantitative estimate of drug-likeness (QED) is 0.542. The number of hydrogen-bond acceptors (Lipinski definition) is 5. The smallest absolute Gasteiger partial charge is 0.170 e. The van der Waals surface area contributed by atoms with Crippen LogP contribution in [0.1, 0.15) is 12.0 Å². The molecule has 4 rings (SSSR count). The summed E-state index contributed by atoms with van der Waals surface area (Å²) in [5.41, 5.74) is 4.40. The van der Waals surface area contributed by atoms with Crippen molar-refractivity contribution in [2.45, 2.75) is 18.0 Å². The second-order valence-corrected chi connectivity index (χ2v) is 9.09. The average molecular weight is 428 g/mol. The molecule has 3 aromatic rings. The van der Waals surface area contributed by atoms with Gasteiger partial charge in [-0.15, -0.1) is 0 Å². The Morgan fingerprint density at radius 1 is 0.966 bits per heavy atom. The highest BCUT2D eigenvalue weighted by molar-refractivity contribution is 8.23. The van der Waals surface area contributed by atoms with Crippen molar-refractivity contribution in [1.82, 2.24) is 9.88 Å². The van der Waals surface area contributed by atoms with E-state index in [2.05, 4.69) is 50.7 Å². The molecule has 0 amide bonds. The van der Waals surface area contributed by atoms with Crippen LogP contribution < -0.4 is 0 Å². The van der Waals surface area contributed by atoms with Crippen LogP contribution in [-0.4, -0.2) is 37.8 Å². The molecule has 1 saturated heterocycles. The molecule has 150 valence electrons. The van der Waals surface area contributed by atoms with Crippen molar-refractivity contribution in [1.29, 1.82) is 0 Å². The predicted octanol–water partition coefficient (Wildman–Crippen LogP) is 5.77. The van der Waals surface area contributed by atoms with Gasteiger partial charge >= 0.3 is 0 Å². The average Bonchev–Trinajstić information content (AvgIpc) is 3.15. The minimum absolute atomic E-state index is 0.143. The van der Waals surface area contributed by atoms with Crippen LogP contribution in [0.2, 0.25) is 5.02 Å². The van der Waals surface area contributed by atoms with Crippen LogP contribution in [-0.2, 0) is 6.54 Å². The van der Waals surface area contributed by atoms with Gasteiger partial charge in [0.05, 0.1) is 10.7 Å². The second kappa shape index (κ2) is 8.65. The van der Waals surface area contributed by atoms with Gasteiger partial charge in [-0.05, 0) is 28.8 Å². The van der Waals surface area contributed by atoms with Gasteiger partial charge in [0, 0.05) is 32.3 Å². The van der Waals surface area contributed by atoms with Crippen molar-refractivity contribution in [2.24, 2.45) is 4.40 Å². The lowest BCUT2D eigenvalue weighted by molar-refractivity contribution is 0.341. The molecule has 0 atom stereocenters. The van der Waals surface area contributed by atoms with Crippen LogP contribution in [0.25, 0.3) is 11.1 Å². The number of benzene rings is 2. The van der Waals surface area contributed by atoms with Gasteiger partial charge in [0.1, 0.15) is 0 Å². The molecule has 0 aliphatic carbocycles. The van der Waals surface area contributed by atoms with Crippen molar-refractivity contribution in [2.75, 3.05) is 13.1 Å². The van der Waals surface area contributed by atoms with Crippen molar-refractivity contribution < 1.29 is 9.11 Å². The number of likely N-dealkylation sites (tertiary alicyclic amines) is 1. The van der Waals surface area contributed by atoms with Crippen LogP contribution in [0.5, 0.6) is 0 Å². The molecule has 1 aliphatic heterocycles. The third-order valence-corrected chi connectivity index (χ3v) is 6.37. The van der Waals surface area contributed by atoms with Crippen molar-refractivity contribution >= 4 is 28.1 Å². The summed E-state index contributed by atoms with van der Waals surface area (Å²) < 4.78 is 25.0. The van der Waals surface area contributed by atoms with E-state index in [0.717, 1.165) is 18.8 Å². The minimum atomic E-state index is -3.30. The van der Waals surface area contributed by atoms with Crippen LogP contribution in [0.4, 0.5) is 0 Å². The molecule has 1 fully saturated rings. The Balaban J connectivity index is 1.39. The maximum Gasteiger partial charge on any atom is 0.170 e. The molecule has 0 spiro atoms. The third kappa shape index (κ3) is 5.04. The van der Waals surface area contributed by atoms with E-state index in [1.165, 1.54) is 29.0 Å². The number of halogens is 1. The van der Waals surface area contributed by atoms with E-state index in [1.807, 2.05) is 18.2 Å². The van der Waals surface area contributed by atoms with E-state index >= 15 is 0 Å². The van der Waals surface area contributed by atoms with Crippen molar-refractivity contribution in [3.63, 3.8) is 0 Å². The molecule has 7 heteroatoms.